The second-order valence-corrected chi connectivity index (χ2v) is 11.7. The third-order valence-corrected chi connectivity index (χ3v) is 7.41. The van der Waals surface area contributed by atoms with Crippen LogP contribution in [0.25, 0.3) is 0 Å². The van der Waals surface area contributed by atoms with Gasteiger partial charge in [0.25, 0.3) is 23.6 Å². The van der Waals surface area contributed by atoms with Crippen molar-refractivity contribution in [2.45, 2.75) is 13.1 Å². The number of imidazole rings is 4. The number of rotatable bonds is 9. The monoisotopic (exact) mass is 756 g/mol. The molecular formula is C34H37BrN12O4. The molecule has 0 aliphatic carbocycles. The van der Waals surface area contributed by atoms with Crippen molar-refractivity contribution in [2.24, 2.45) is 33.9 Å². The lowest BCUT2D eigenvalue weighted by Gasteiger charge is -2.04. The fourth-order valence-electron chi connectivity index (χ4n) is 4.45. The average molecular weight is 758 g/mol. The zero-order chi connectivity index (χ0) is 36.9. The van der Waals surface area contributed by atoms with Crippen LogP contribution in [0.1, 0.15) is 53.6 Å². The molecule has 0 radical (unpaired) electrons. The summed E-state index contributed by atoms with van der Waals surface area (Å²) in [4.78, 5) is 62.7. The fraction of sp³-hybridized carbons (Fsp3) is 0.176. The molecule has 0 aliphatic rings. The number of hydrogen-bond acceptors (Lipinski definition) is 8. The molecule has 0 saturated carbocycles. The van der Waals surface area contributed by atoms with Crippen molar-refractivity contribution in [1.29, 1.82) is 0 Å². The molecule has 264 valence electrons. The van der Waals surface area contributed by atoms with Crippen LogP contribution in [0.3, 0.4) is 0 Å². The predicted molar refractivity (Wildman–Crippen MR) is 192 cm³/mol. The van der Waals surface area contributed by atoms with Gasteiger partial charge < -0.3 is 40.0 Å². The van der Waals surface area contributed by atoms with Crippen molar-refractivity contribution in [3.8, 4) is 0 Å². The Labute approximate surface area is 301 Å². The zero-order valence-corrected chi connectivity index (χ0v) is 29.9. The van der Waals surface area contributed by atoms with Crippen molar-refractivity contribution in [2.75, 3.05) is 5.32 Å². The van der Waals surface area contributed by atoms with Gasteiger partial charge in [-0.15, -0.1) is 0 Å². The molecule has 51 heavy (non-hydrogen) atoms. The van der Waals surface area contributed by atoms with Crippen LogP contribution in [0, 0.1) is 0 Å². The summed E-state index contributed by atoms with van der Waals surface area (Å²) in [5.41, 5.74) is 6.99. The van der Waals surface area contributed by atoms with Crippen molar-refractivity contribution in [3.05, 3.63) is 137 Å². The van der Waals surface area contributed by atoms with Crippen molar-refractivity contribution in [1.82, 2.24) is 48.8 Å². The Kier molecular flexibility index (Phi) is 13.1. The van der Waals surface area contributed by atoms with E-state index in [9.17, 15) is 19.2 Å². The van der Waals surface area contributed by atoms with Gasteiger partial charge in [0.05, 0.1) is 0 Å². The number of amides is 4. The van der Waals surface area contributed by atoms with E-state index >= 15 is 0 Å². The van der Waals surface area contributed by atoms with E-state index in [-0.39, 0.29) is 35.2 Å². The Hall–Kier alpha value is -6.36. The van der Waals surface area contributed by atoms with E-state index < -0.39 is 5.91 Å². The summed E-state index contributed by atoms with van der Waals surface area (Å²) in [6.45, 7) is 0.908. The number of nitrogens with two attached hydrogens (primary N) is 1. The number of nitrogens with zero attached hydrogens (tertiary/aromatic N) is 8. The molecule has 2 aromatic carbocycles. The normalized spacial score (nSPS) is 10.2. The topological polar surface area (TPSA) is 202 Å². The molecule has 0 spiro atoms. The van der Waals surface area contributed by atoms with Crippen LogP contribution in [-0.4, -0.2) is 61.8 Å². The third-order valence-electron chi connectivity index (χ3n) is 7.03. The van der Waals surface area contributed by atoms with Crippen molar-refractivity contribution >= 4 is 45.4 Å². The molecular weight excluding hydrogens is 720 g/mol. The smallest absolute Gasteiger partial charge is 0.292 e. The number of anilines is 1. The lowest BCUT2D eigenvalue weighted by Crippen LogP contribution is -2.25. The van der Waals surface area contributed by atoms with Crippen molar-refractivity contribution < 1.29 is 19.2 Å². The molecule has 5 N–H and O–H groups in total. The van der Waals surface area contributed by atoms with Crippen LogP contribution in [-0.2, 0) is 41.3 Å². The molecule has 0 atom stereocenters. The van der Waals surface area contributed by atoms with Gasteiger partial charge in [0.1, 0.15) is 4.60 Å². The molecule has 4 amide bonds. The van der Waals surface area contributed by atoms with E-state index in [1.165, 1.54) is 12.4 Å². The quantitative estimate of drug-likeness (QED) is 0.172. The lowest BCUT2D eigenvalue weighted by atomic mass is 10.2. The highest BCUT2D eigenvalue weighted by Crippen LogP contribution is 2.10. The molecule has 17 heteroatoms. The molecule has 4 aromatic heterocycles. The van der Waals surface area contributed by atoms with Gasteiger partial charge in [-0.3, -0.25) is 19.2 Å². The first-order valence-electron chi connectivity index (χ1n) is 15.3. The summed E-state index contributed by atoms with van der Waals surface area (Å²) >= 11 is 3.24. The average Bonchev–Trinajstić information content (AvgIpc) is 3.91. The van der Waals surface area contributed by atoms with E-state index in [2.05, 4.69) is 51.8 Å². The lowest BCUT2D eigenvalue weighted by molar-refractivity contribution is 0.0929. The number of aromatic nitrogens is 8. The van der Waals surface area contributed by atoms with Gasteiger partial charge in [0.2, 0.25) is 5.82 Å². The Morgan fingerprint density at radius 2 is 1.10 bits per heavy atom. The minimum absolute atomic E-state index is 0.179. The fourth-order valence-corrected chi connectivity index (χ4v) is 4.93. The van der Waals surface area contributed by atoms with Gasteiger partial charge in [-0.25, -0.2) is 19.9 Å². The Bertz CT molecular complexity index is 2080. The number of carbonyl (C=O) groups is 4. The van der Waals surface area contributed by atoms with E-state index in [4.69, 9.17) is 5.73 Å². The molecule has 16 nitrogen and oxygen atoms in total. The van der Waals surface area contributed by atoms with E-state index in [1.54, 1.807) is 71.2 Å². The summed E-state index contributed by atoms with van der Waals surface area (Å²) in [6, 6.07) is 19.4. The number of halogens is 1. The summed E-state index contributed by atoms with van der Waals surface area (Å²) in [6.07, 6.45) is 9.74. The Morgan fingerprint density at radius 3 is 1.51 bits per heavy atom. The Balaban J connectivity index is 0.000000192. The van der Waals surface area contributed by atoms with Crippen LogP contribution in [0.2, 0.25) is 0 Å². The second-order valence-electron chi connectivity index (χ2n) is 10.9. The van der Waals surface area contributed by atoms with Crippen LogP contribution < -0.4 is 21.7 Å². The van der Waals surface area contributed by atoms with Crippen LogP contribution in [0.4, 0.5) is 5.82 Å². The number of aryl methyl sites for hydroxylation is 4. The van der Waals surface area contributed by atoms with Gasteiger partial charge in [0.15, 0.2) is 23.3 Å². The summed E-state index contributed by atoms with van der Waals surface area (Å²) in [5, 5.41) is 8.28. The predicted octanol–water partition coefficient (Wildman–Crippen LogP) is 2.97. The highest BCUT2D eigenvalue weighted by atomic mass is 79.9. The first-order valence-corrected chi connectivity index (χ1v) is 16.1. The van der Waals surface area contributed by atoms with Gasteiger partial charge in [-0.05, 0) is 27.1 Å². The largest absolute Gasteiger partial charge is 0.363 e. The maximum absolute atomic E-state index is 12.3. The van der Waals surface area contributed by atoms with E-state index in [1.807, 2.05) is 60.7 Å². The minimum Gasteiger partial charge on any atom is -0.363 e. The molecule has 0 aliphatic heterocycles. The summed E-state index contributed by atoms with van der Waals surface area (Å²) in [7, 11) is 6.92. The first kappa shape index (κ1) is 37.5. The zero-order valence-electron chi connectivity index (χ0n) is 28.3. The summed E-state index contributed by atoms with van der Waals surface area (Å²) in [5.74, 6) is 0.0743. The molecule has 0 bridgehead atoms. The maximum atomic E-state index is 12.3. The molecule has 0 saturated heterocycles. The Morgan fingerprint density at radius 1 is 0.627 bits per heavy atom. The second kappa shape index (κ2) is 17.9. The number of nitrogens with one attached hydrogen (secondary N) is 3. The van der Waals surface area contributed by atoms with Gasteiger partial charge in [-0.1, -0.05) is 60.7 Å². The molecule has 0 unspecified atom stereocenters. The SMILES string of the molecule is Cn1cc(Br)nc1C(=O)NCc1ccccc1.Cn1cc(NC(=O)c2nccn2C)nc1C(=O)NCc1ccccc1.Cn1ccnc1C(N)=O. The highest BCUT2D eigenvalue weighted by Gasteiger charge is 2.17. The first-order chi connectivity index (χ1) is 24.4. The highest BCUT2D eigenvalue weighted by molar-refractivity contribution is 9.10. The van der Waals surface area contributed by atoms with Crippen LogP contribution >= 0.6 is 15.9 Å². The number of benzene rings is 2. The van der Waals surface area contributed by atoms with Gasteiger partial charge in [-0.2, -0.15) is 0 Å². The number of carbonyl (C=O) groups excluding carboxylic acids is 4. The standard InChI is InChI=1S/C17H18N6O2.C12H12BrN3O.C5H7N3O/c1-22-9-8-18-14(22)17(25)21-13-11-23(2)15(20-13)16(24)19-10-12-6-4-3-5-7-12;1-16-8-10(13)15-11(16)12(17)14-7-9-5-3-2-4-6-9;1-8-3-2-7-5(8)4(6)9/h3-9,11H,10H2,1-2H3,(H,19,24)(H,21,25);2-6,8H,7H2,1H3,(H,14,17);2-3H,1H3,(H2,6,9). The maximum Gasteiger partial charge on any atom is 0.292 e. The third kappa shape index (κ3) is 10.8. The summed E-state index contributed by atoms with van der Waals surface area (Å²) < 4.78 is 7.08. The van der Waals surface area contributed by atoms with E-state index in [0.29, 0.717) is 29.3 Å². The molecule has 6 rings (SSSR count). The van der Waals surface area contributed by atoms with Gasteiger partial charge >= 0.3 is 0 Å². The van der Waals surface area contributed by atoms with Crippen LogP contribution in [0.5, 0.6) is 0 Å². The molecule has 0 fully saturated rings. The van der Waals surface area contributed by atoms with Gasteiger partial charge in [0, 0.05) is 78.5 Å². The number of hydrogen-bond donors (Lipinski definition) is 4. The number of primary amides is 1. The molecule has 4 heterocycles. The van der Waals surface area contributed by atoms with Crippen molar-refractivity contribution in [3.63, 3.8) is 0 Å². The molecule has 6 aromatic rings. The van der Waals surface area contributed by atoms with E-state index in [0.717, 1.165) is 11.1 Å². The minimum atomic E-state index is -0.498. The van der Waals surface area contributed by atoms with Crippen LogP contribution in [0.15, 0.2) is 102 Å².